The van der Waals surface area contributed by atoms with Crippen molar-refractivity contribution in [2.24, 2.45) is 4.99 Å². The van der Waals surface area contributed by atoms with E-state index in [4.69, 9.17) is 24.5 Å². The molecule has 6 atom stereocenters. The largest absolute Gasteiger partial charge is 0.460 e. The van der Waals surface area contributed by atoms with E-state index in [1.165, 1.54) is 13.8 Å². The molecule has 19 heteroatoms. The third kappa shape index (κ3) is 8.13. The van der Waals surface area contributed by atoms with Gasteiger partial charge in [-0.2, -0.15) is 4.98 Å². The molecule has 0 spiro atoms. The summed E-state index contributed by atoms with van der Waals surface area (Å²) in [6.45, 7) is 5.05. The number of rotatable bonds is 15. The Labute approximate surface area is 284 Å². The second kappa shape index (κ2) is 15.4. The second-order valence-electron chi connectivity index (χ2n) is 11.4. The zero-order valence-electron chi connectivity index (χ0n) is 27.0. The van der Waals surface area contributed by atoms with E-state index in [1.54, 1.807) is 60.7 Å². The highest BCUT2D eigenvalue weighted by Gasteiger charge is 2.57. The topological polar surface area (TPSA) is 234 Å². The van der Waals surface area contributed by atoms with E-state index >= 15 is 4.39 Å². The molecule has 4 aromatic rings. The Morgan fingerprint density at radius 3 is 2.16 bits per heavy atom. The first-order chi connectivity index (χ1) is 23.8. The number of ether oxygens (including phenoxy) is 3. The van der Waals surface area contributed by atoms with Gasteiger partial charge in [-0.15, -0.1) is 0 Å². The number of nitrogens with zero attached hydrogens (tertiary/aromatic N) is 4. The van der Waals surface area contributed by atoms with E-state index in [0.717, 1.165) is 10.9 Å². The lowest BCUT2D eigenvalue weighted by atomic mass is 10.1. The standard InChI is InChI=1S/C31H36FN8O9P/c1-18(28(43)46-14-20-10-6-4-7-11-20)38-50(45,39-19(2)29(44)47-15-21-12-8-5-9-13-21)48-16-31(34-3)24(41)22(32)27(49-31)40-17-35-23-25(40)36-30(33)37-26(23)42/h4-13,17-19,22,24,27,41H,3,14-16H2,1-2H3,(H2,38,39,45)(H3,33,36,37,42)/t18-,19-,22+,24-,27+,31+/m0/s1. The molecule has 1 aliphatic rings. The summed E-state index contributed by atoms with van der Waals surface area (Å²) < 4.78 is 53.3. The predicted molar refractivity (Wildman–Crippen MR) is 177 cm³/mol. The number of aromatic nitrogens is 4. The van der Waals surface area contributed by atoms with Crippen LogP contribution in [0.3, 0.4) is 0 Å². The molecule has 17 nitrogen and oxygen atoms in total. The van der Waals surface area contributed by atoms with Crippen molar-refractivity contribution in [2.75, 3.05) is 12.3 Å². The fourth-order valence-corrected chi connectivity index (χ4v) is 6.82. The van der Waals surface area contributed by atoms with Crippen LogP contribution in [-0.2, 0) is 46.1 Å². The molecular weight excluding hydrogens is 678 g/mol. The number of alkyl halides is 1. The number of fused-ring (bicyclic) bond motifs is 1. The molecule has 50 heavy (non-hydrogen) atoms. The predicted octanol–water partition coefficient (Wildman–Crippen LogP) is 1.89. The Morgan fingerprint density at radius 1 is 1.10 bits per heavy atom. The van der Waals surface area contributed by atoms with Crippen LogP contribution in [0.2, 0.25) is 0 Å². The number of imidazole rings is 1. The molecule has 6 N–H and O–H groups in total. The number of aliphatic hydroxyl groups is 1. The zero-order valence-corrected chi connectivity index (χ0v) is 27.9. The highest BCUT2D eigenvalue weighted by Crippen LogP contribution is 2.46. The number of hydrogen-bond donors (Lipinski definition) is 5. The number of carbonyl (C=O) groups excluding carboxylic acids is 2. The van der Waals surface area contributed by atoms with Gasteiger partial charge in [-0.3, -0.25) is 33.5 Å². The maximum Gasteiger partial charge on any atom is 0.342 e. The van der Waals surface area contributed by atoms with Gasteiger partial charge in [0.25, 0.3) is 5.56 Å². The number of aliphatic imine (C=N–C) groups is 1. The minimum Gasteiger partial charge on any atom is -0.460 e. The van der Waals surface area contributed by atoms with E-state index < -0.39 is 68.1 Å². The summed E-state index contributed by atoms with van der Waals surface area (Å²) in [5, 5.41) is 16.1. The van der Waals surface area contributed by atoms with Crippen molar-refractivity contribution < 1.29 is 42.4 Å². The molecule has 0 saturated carbocycles. The summed E-state index contributed by atoms with van der Waals surface area (Å²) in [6.07, 6.45) is -4.88. The SMILES string of the molecule is C=N[C@]1(COP(=O)(N[C@@H](C)C(=O)OCc2ccccc2)N[C@@H](C)C(=O)OCc2ccccc2)O[C@@H](n2cnc3c(=O)[nH]c(N)nc32)[C@H](F)[C@@H]1O. The number of esters is 2. The Kier molecular flexibility index (Phi) is 11.2. The Morgan fingerprint density at radius 2 is 1.64 bits per heavy atom. The summed E-state index contributed by atoms with van der Waals surface area (Å²) in [5.41, 5.74) is 3.76. The Balaban J connectivity index is 1.34. The molecule has 5 rings (SSSR count). The number of nitrogens with two attached hydrogens (primary N) is 1. The fourth-order valence-electron chi connectivity index (χ4n) is 5.00. The second-order valence-corrected chi connectivity index (χ2v) is 13.3. The molecule has 2 aromatic heterocycles. The first kappa shape index (κ1) is 36.4. The molecule has 2 aromatic carbocycles. The molecule has 0 aliphatic carbocycles. The summed E-state index contributed by atoms with van der Waals surface area (Å²) in [7, 11) is -4.51. The van der Waals surface area contributed by atoms with Crippen molar-refractivity contribution in [3.63, 3.8) is 0 Å². The van der Waals surface area contributed by atoms with Gasteiger partial charge in [0.2, 0.25) is 11.7 Å². The molecule has 3 heterocycles. The van der Waals surface area contributed by atoms with Crippen LogP contribution in [0.25, 0.3) is 11.2 Å². The summed E-state index contributed by atoms with van der Waals surface area (Å²) in [6, 6.07) is 15.1. The third-order valence-electron chi connectivity index (χ3n) is 7.69. The Bertz CT molecular complexity index is 1860. The minimum atomic E-state index is -4.51. The number of nitrogens with one attached hydrogen (secondary N) is 3. The van der Waals surface area contributed by atoms with E-state index in [2.05, 4.69) is 36.8 Å². The molecule has 266 valence electrons. The van der Waals surface area contributed by atoms with Gasteiger partial charge < -0.3 is 29.6 Å². The number of nitrogen functional groups attached to an aromatic ring is 1. The average molecular weight is 715 g/mol. The first-order valence-electron chi connectivity index (χ1n) is 15.3. The smallest absolute Gasteiger partial charge is 0.342 e. The average Bonchev–Trinajstić information content (AvgIpc) is 3.64. The summed E-state index contributed by atoms with van der Waals surface area (Å²) in [5.74, 6) is -1.91. The van der Waals surface area contributed by atoms with Crippen LogP contribution in [0, 0.1) is 0 Å². The van der Waals surface area contributed by atoms with Crippen LogP contribution in [-0.4, -0.2) is 80.0 Å². The van der Waals surface area contributed by atoms with E-state index in [-0.39, 0.29) is 30.3 Å². The number of benzene rings is 2. The van der Waals surface area contributed by atoms with Crippen LogP contribution in [0.1, 0.15) is 31.2 Å². The zero-order chi connectivity index (χ0) is 36.1. The van der Waals surface area contributed by atoms with Gasteiger partial charge in [0.1, 0.15) is 38.0 Å². The molecule has 1 saturated heterocycles. The normalized spacial score (nSPS) is 21.8. The number of hydrogen-bond acceptors (Lipinski definition) is 13. The highest BCUT2D eigenvalue weighted by molar-refractivity contribution is 7.54. The number of carbonyl (C=O) groups is 2. The van der Waals surface area contributed by atoms with E-state index in [1.807, 2.05) is 0 Å². The lowest BCUT2D eigenvalue weighted by molar-refractivity contribution is -0.147. The lowest BCUT2D eigenvalue weighted by Crippen LogP contribution is -2.47. The van der Waals surface area contributed by atoms with Crippen LogP contribution < -0.4 is 21.5 Å². The fraction of sp³-hybridized carbons (Fsp3) is 0.355. The quantitative estimate of drug-likeness (QED) is 0.0672. The number of halogens is 1. The van der Waals surface area contributed by atoms with Crippen molar-refractivity contribution in [1.29, 1.82) is 0 Å². The minimum absolute atomic E-state index is 0.0788. The van der Waals surface area contributed by atoms with E-state index in [0.29, 0.717) is 11.1 Å². The number of aromatic amines is 1. The molecule has 0 amide bonds. The Hall–Kier alpha value is -4.84. The highest BCUT2D eigenvalue weighted by atomic mass is 31.2. The molecular formula is C31H36FN8O9P. The number of H-pyrrole nitrogens is 1. The molecule has 0 radical (unpaired) electrons. The third-order valence-corrected chi connectivity index (χ3v) is 9.64. The summed E-state index contributed by atoms with van der Waals surface area (Å²) >= 11 is 0. The molecule has 0 bridgehead atoms. The van der Waals surface area contributed by atoms with Crippen molar-refractivity contribution in [3.05, 3.63) is 88.5 Å². The van der Waals surface area contributed by atoms with Crippen molar-refractivity contribution >= 4 is 43.4 Å². The summed E-state index contributed by atoms with van der Waals surface area (Å²) in [4.78, 5) is 52.1. The van der Waals surface area contributed by atoms with E-state index in [9.17, 15) is 24.1 Å². The van der Waals surface area contributed by atoms with Crippen LogP contribution >= 0.6 is 7.67 Å². The van der Waals surface area contributed by atoms with Gasteiger partial charge in [-0.25, -0.2) is 19.5 Å². The lowest BCUT2D eigenvalue weighted by Gasteiger charge is -2.31. The van der Waals surface area contributed by atoms with Gasteiger partial charge in [-0.1, -0.05) is 60.7 Å². The maximum absolute atomic E-state index is 15.7. The van der Waals surface area contributed by atoms with Gasteiger partial charge in [0.15, 0.2) is 23.6 Å². The van der Waals surface area contributed by atoms with Crippen LogP contribution in [0.15, 0.2) is 76.8 Å². The molecule has 1 aliphatic heterocycles. The number of anilines is 1. The first-order valence-corrected chi connectivity index (χ1v) is 16.9. The van der Waals surface area contributed by atoms with Crippen molar-refractivity contribution in [3.8, 4) is 0 Å². The monoisotopic (exact) mass is 714 g/mol. The molecule has 0 unspecified atom stereocenters. The van der Waals surface area contributed by atoms with Gasteiger partial charge in [0.05, 0.1) is 6.33 Å². The van der Waals surface area contributed by atoms with Crippen LogP contribution in [0.5, 0.6) is 0 Å². The molecule has 1 fully saturated rings. The van der Waals surface area contributed by atoms with Crippen molar-refractivity contribution in [1.82, 2.24) is 29.7 Å². The van der Waals surface area contributed by atoms with Gasteiger partial charge >= 0.3 is 19.6 Å². The van der Waals surface area contributed by atoms with Crippen LogP contribution in [0.4, 0.5) is 10.3 Å². The number of aliphatic hydroxyl groups excluding tert-OH is 1. The van der Waals surface area contributed by atoms with Crippen molar-refractivity contribution in [2.45, 2.75) is 63.4 Å². The van der Waals surface area contributed by atoms with Gasteiger partial charge in [0, 0.05) is 0 Å². The van der Waals surface area contributed by atoms with Gasteiger partial charge in [-0.05, 0) is 31.7 Å². The maximum atomic E-state index is 15.7.